The first-order chi connectivity index (χ1) is 11.2. The highest BCUT2D eigenvalue weighted by Crippen LogP contribution is 2.12. The van der Waals surface area contributed by atoms with Gasteiger partial charge in [-0.05, 0) is 50.4 Å². The number of amides is 1. The molecule has 5 heteroatoms. The molecule has 1 amide bonds. The number of likely N-dealkylation sites (tertiary alicyclic amines) is 1. The van der Waals surface area contributed by atoms with Gasteiger partial charge < -0.3 is 20.1 Å². The normalized spacial score (nSPS) is 16.3. The van der Waals surface area contributed by atoms with Gasteiger partial charge in [0.2, 0.25) is 5.91 Å². The number of hydrogen-bond donors (Lipinski definition) is 2. The average Bonchev–Trinajstić information content (AvgIpc) is 2.55. The lowest BCUT2D eigenvalue weighted by molar-refractivity contribution is -0.120. The highest BCUT2D eigenvalue weighted by molar-refractivity contribution is 5.78. The Morgan fingerprint density at radius 1 is 1.30 bits per heavy atom. The monoisotopic (exact) mass is 320 g/mol. The number of carbonyl (C=O) groups is 1. The summed E-state index contributed by atoms with van der Waals surface area (Å²) in [6, 6.07) is 7.67. The number of aliphatic hydroxyl groups excluding tert-OH is 1. The largest absolute Gasteiger partial charge is 0.494 e. The van der Waals surface area contributed by atoms with Crippen molar-refractivity contribution in [2.75, 3.05) is 32.8 Å². The second-order valence-electron chi connectivity index (χ2n) is 6.03. The van der Waals surface area contributed by atoms with Crippen molar-refractivity contribution in [1.82, 2.24) is 10.2 Å². The van der Waals surface area contributed by atoms with Gasteiger partial charge >= 0.3 is 0 Å². The first kappa shape index (κ1) is 17.8. The molecule has 128 valence electrons. The minimum Gasteiger partial charge on any atom is -0.494 e. The number of nitrogens with one attached hydrogen (secondary N) is 1. The Labute approximate surface area is 138 Å². The quantitative estimate of drug-likeness (QED) is 0.714. The number of benzene rings is 1. The van der Waals surface area contributed by atoms with E-state index in [2.05, 4.69) is 10.2 Å². The fourth-order valence-electron chi connectivity index (χ4n) is 2.79. The summed E-state index contributed by atoms with van der Waals surface area (Å²) in [6.07, 6.45) is 2.96. The number of piperidine rings is 1. The maximum atomic E-state index is 11.9. The van der Waals surface area contributed by atoms with E-state index in [0.717, 1.165) is 50.2 Å². The Balaban J connectivity index is 1.59. The van der Waals surface area contributed by atoms with Crippen molar-refractivity contribution >= 4 is 5.91 Å². The zero-order valence-corrected chi connectivity index (χ0v) is 14.0. The van der Waals surface area contributed by atoms with Gasteiger partial charge in [-0.2, -0.15) is 0 Å². The Bertz CT molecular complexity index is 468. The van der Waals surface area contributed by atoms with E-state index in [-0.39, 0.29) is 12.0 Å². The van der Waals surface area contributed by atoms with Crippen LogP contribution in [0.2, 0.25) is 0 Å². The second-order valence-corrected chi connectivity index (χ2v) is 6.03. The zero-order valence-electron chi connectivity index (χ0n) is 14.0. The molecule has 0 aromatic heterocycles. The van der Waals surface area contributed by atoms with Gasteiger partial charge in [0.1, 0.15) is 5.75 Å². The van der Waals surface area contributed by atoms with Crippen LogP contribution in [-0.2, 0) is 11.2 Å². The minimum atomic E-state index is -0.125. The standard InChI is InChI=1S/C18H28N2O3/c1-2-23-17-6-4-15(5-7-17)14-18(22)19-10-3-11-20-12-8-16(21)9-13-20/h4-7,16,21H,2-3,8-14H2,1H3,(H,19,22). The van der Waals surface area contributed by atoms with Crippen LogP contribution >= 0.6 is 0 Å². The molecule has 1 saturated heterocycles. The molecule has 0 atom stereocenters. The summed E-state index contributed by atoms with van der Waals surface area (Å²) in [4.78, 5) is 14.3. The smallest absolute Gasteiger partial charge is 0.224 e. The first-order valence-electron chi connectivity index (χ1n) is 8.56. The maximum absolute atomic E-state index is 11.9. The Morgan fingerprint density at radius 2 is 2.00 bits per heavy atom. The van der Waals surface area contributed by atoms with E-state index in [9.17, 15) is 9.90 Å². The van der Waals surface area contributed by atoms with Crippen molar-refractivity contribution in [3.05, 3.63) is 29.8 Å². The Kier molecular flexibility index (Phi) is 7.36. The molecule has 0 unspecified atom stereocenters. The predicted octanol–water partition coefficient (Wildman–Crippen LogP) is 1.59. The number of carbonyl (C=O) groups excluding carboxylic acids is 1. The summed E-state index contributed by atoms with van der Waals surface area (Å²) in [5.74, 6) is 0.895. The van der Waals surface area contributed by atoms with Gasteiger partial charge in [-0.1, -0.05) is 12.1 Å². The minimum absolute atomic E-state index is 0.0585. The number of aliphatic hydroxyl groups is 1. The van der Waals surface area contributed by atoms with E-state index in [1.807, 2.05) is 31.2 Å². The van der Waals surface area contributed by atoms with E-state index < -0.39 is 0 Å². The molecule has 0 aliphatic carbocycles. The van der Waals surface area contributed by atoms with E-state index >= 15 is 0 Å². The zero-order chi connectivity index (χ0) is 16.5. The third kappa shape index (κ3) is 6.59. The molecule has 1 fully saturated rings. The van der Waals surface area contributed by atoms with E-state index in [1.165, 1.54) is 0 Å². The summed E-state index contributed by atoms with van der Waals surface area (Å²) in [7, 11) is 0. The summed E-state index contributed by atoms with van der Waals surface area (Å²) in [5, 5.41) is 12.4. The van der Waals surface area contributed by atoms with Gasteiger partial charge in [-0.25, -0.2) is 0 Å². The van der Waals surface area contributed by atoms with Gasteiger partial charge in [0.05, 0.1) is 19.1 Å². The fraction of sp³-hybridized carbons (Fsp3) is 0.611. The molecule has 2 rings (SSSR count). The average molecular weight is 320 g/mol. The molecule has 1 heterocycles. The highest BCUT2D eigenvalue weighted by Gasteiger charge is 2.16. The van der Waals surface area contributed by atoms with Crippen LogP contribution in [0, 0.1) is 0 Å². The molecule has 0 bridgehead atoms. The lowest BCUT2D eigenvalue weighted by Crippen LogP contribution is -2.37. The highest BCUT2D eigenvalue weighted by atomic mass is 16.5. The Hall–Kier alpha value is -1.59. The molecular formula is C18H28N2O3. The molecule has 0 saturated carbocycles. The van der Waals surface area contributed by atoms with Crippen molar-refractivity contribution in [2.24, 2.45) is 0 Å². The van der Waals surface area contributed by atoms with Gasteiger partial charge in [0, 0.05) is 19.6 Å². The second kappa shape index (κ2) is 9.53. The lowest BCUT2D eigenvalue weighted by Gasteiger charge is -2.29. The van der Waals surface area contributed by atoms with Crippen LogP contribution in [0.3, 0.4) is 0 Å². The van der Waals surface area contributed by atoms with Gasteiger partial charge in [0.25, 0.3) is 0 Å². The van der Waals surface area contributed by atoms with Crippen LogP contribution in [0.15, 0.2) is 24.3 Å². The Morgan fingerprint density at radius 3 is 2.65 bits per heavy atom. The van der Waals surface area contributed by atoms with Crippen molar-refractivity contribution in [1.29, 1.82) is 0 Å². The van der Waals surface area contributed by atoms with Crippen LogP contribution in [0.4, 0.5) is 0 Å². The molecule has 1 aromatic rings. The number of hydrogen-bond acceptors (Lipinski definition) is 4. The maximum Gasteiger partial charge on any atom is 0.224 e. The molecule has 0 spiro atoms. The molecule has 0 radical (unpaired) electrons. The van der Waals surface area contributed by atoms with Crippen molar-refractivity contribution in [2.45, 2.75) is 38.7 Å². The van der Waals surface area contributed by atoms with E-state index in [0.29, 0.717) is 19.6 Å². The van der Waals surface area contributed by atoms with E-state index in [4.69, 9.17) is 4.74 Å². The van der Waals surface area contributed by atoms with Crippen LogP contribution in [0.5, 0.6) is 5.75 Å². The van der Waals surface area contributed by atoms with Crippen molar-refractivity contribution in [3.8, 4) is 5.75 Å². The number of nitrogens with zero attached hydrogens (tertiary/aromatic N) is 1. The third-order valence-electron chi connectivity index (χ3n) is 4.13. The van der Waals surface area contributed by atoms with Gasteiger partial charge in [-0.3, -0.25) is 4.79 Å². The van der Waals surface area contributed by atoms with Crippen LogP contribution in [-0.4, -0.2) is 54.8 Å². The van der Waals surface area contributed by atoms with Gasteiger partial charge in [0.15, 0.2) is 0 Å². The summed E-state index contributed by atoms with van der Waals surface area (Å²) in [5.41, 5.74) is 0.996. The third-order valence-corrected chi connectivity index (χ3v) is 4.13. The van der Waals surface area contributed by atoms with E-state index in [1.54, 1.807) is 0 Å². The fourth-order valence-corrected chi connectivity index (χ4v) is 2.79. The molecule has 5 nitrogen and oxygen atoms in total. The number of ether oxygens (including phenoxy) is 1. The molecule has 1 aromatic carbocycles. The van der Waals surface area contributed by atoms with Crippen LogP contribution in [0.1, 0.15) is 31.7 Å². The SMILES string of the molecule is CCOc1ccc(CC(=O)NCCCN2CCC(O)CC2)cc1. The van der Waals surface area contributed by atoms with Crippen molar-refractivity contribution in [3.63, 3.8) is 0 Å². The molecule has 1 aliphatic rings. The summed E-state index contributed by atoms with van der Waals surface area (Å²) >= 11 is 0. The number of rotatable bonds is 8. The molecular weight excluding hydrogens is 292 g/mol. The van der Waals surface area contributed by atoms with Gasteiger partial charge in [-0.15, -0.1) is 0 Å². The molecule has 23 heavy (non-hydrogen) atoms. The van der Waals surface area contributed by atoms with Crippen molar-refractivity contribution < 1.29 is 14.6 Å². The molecule has 1 aliphatic heterocycles. The van der Waals surface area contributed by atoms with Crippen LogP contribution < -0.4 is 10.1 Å². The summed E-state index contributed by atoms with van der Waals surface area (Å²) < 4.78 is 5.39. The van der Waals surface area contributed by atoms with Crippen LogP contribution in [0.25, 0.3) is 0 Å². The summed E-state index contributed by atoms with van der Waals surface area (Å²) in [6.45, 7) is 6.21. The predicted molar refractivity (Wildman–Crippen MR) is 90.6 cm³/mol. The first-order valence-corrected chi connectivity index (χ1v) is 8.56. The topological polar surface area (TPSA) is 61.8 Å². The molecule has 2 N–H and O–H groups in total. The lowest BCUT2D eigenvalue weighted by atomic mass is 10.1.